The molecule has 0 aliphatic carbocycles. The van der Waals surface area contributed by atoms with Crippen LogP contribution in [0.1, 0.15) is 23.5 Å². The minimum absolute atomic E-state index is 0.0446. The van der Waals surface area contributed by atoms with Gasteiger partial charge >= 0.3 is 0 Å². The number of anilines is 1. The Bertz CT molecular complexity index is 1560. The molecule has 0 radical (unpaired) electrons. The van der Waals surface area contributed by atoms with Gasteiger partial charge in [-0.05, 0) is 60.3 Å². The predicted octanol–water partition coefficient (Wildman–Crippen LogP) is 6.30. The second-order valence-electron chi connectivity index (χ2n) is 8.15. The van der Waals surface area contributed by atoms with E-state index in [-0.39, 0.29) is 18.4 Å². The van der Waals surface area contributed by atoms with Crippen molar-refractivity contribution in [3.05, 3.63) is 95.8 Å². The lowest BCUT2D eigenvalue weighted by molar-refractivity contribution is 0.146. The Morgan fingerprint density at radius 1 is 0.889 bits per heavy atom. The molecule has 0 amide bonds. The summed E-state index contributed by atoms with van der Waals surface area (Å²) in [5.74, 6) is -0.428. The van der Waals surface area contributed by atoms with Gasteiger partial charge in [0.25, 0.3) is 6.43 Å². The highest BCUT2D eigenvalue weighted by atomic mass is 19.3. The molecular weight excluding hydrogens is 467 g/mol. The van der Waals surface area contributed by atoms with Gasteiger partial charge in [-0.3, -0.25) is 9.97 Å². The number of alkyl halides is 2. The van der Waals surface area contributed by atoms with Crippen molar-refractivity contribution in [3.63, 3.8) is 0 Å². The van der Waals surface area contributed by atoms with Crippen molar-refractivity contribution in [2.75, 3.05) is 5.73 Å². The van der Waals surface area contributed by atoms with Crippen LogP contribution in [0.2, 0.25) is 0 Å². The second-order valence-corrected chi connectivity index (χ2v) is 8.15. The molecule has 0 fully saturated rings. The van der Waals surface area contributed by atoms with Crippen LogP contribution < -0.4 is 10.5 Å². The lowest BCUT2D eigenvalue weighted by Gasteiger charge is -2.16. The number of hydrogen-bond donors (Lipinski definition) is 1. The van der Waals surface area contributed by atoms with Gasteiger partial charge in [-0.15, -0.1) is 0 Å². The summed E-state index contributed by atoms with van der Waals surface area (Å²) in [6, 6.07) is 18.2. The highest BCUT2D eigenvalue weighted by Gasteiger charge is 2.21. The molecule has 3 heterocycles. The number of rotatable bonds is 6. The Labute approximate surface area is 204 Å². The Morgan fingerprint density at radius 3 is 2.39 bits per heavy atom. The van der Waals surface area contributed by atoms with E-state index in [4.69, 9.17) is 10.5 Å². The maximum Gasteiger partial charge on any atom is 0.280 e. The van der Waals surface area contributed by atoms with E-state index in [1.165, 1.54) is 30.3 Å². The molecule has 0 spiro atoms. The molecule has 36 heavy (non-hydrogen) atoms. The number of fused-ring (bicyclic) bond motifs is 1. The number of ether oxygens (including phenoxy) is 1. The third-order valence-corrected chi connectivity index (χ3v) is 5.54. The van der Waals surface area contributed by atoms with Crippen LogP contribution in [0.15, 0.2) is 72.9 Å². The molecule has 0 saturated heterocycles. The lowest BCUT2D eigenvalue weighted by Crippen LogP contribution is -2.07. The lowest BCUT2D eigenvalue weighted by atomic mass is 9.99. The van der Waals surface area contributed by atoms with Crippen LogP contribution in [0.4, 0.5) is 19.1 Å². The molecule has 0 atom stereocenters. The first-order valence-electron chi connectivity index (χ1n) is 11.0. The van der Waals surface area contributed by atoms with Crippen LogP contribution in [-0.2, 0) is 6.61 Å². The quantitative estimate of drug-likeness (QED) is 0.302. The zero-order valence-corrected chi connectivity index (χ0v) is 19.1. The Kier molecular flexibility index (Phi) is 6.20. The summed E-state index contributed by atoms with van der Waals surface area (Å²) in [6.07, 6.45) is -1.03. The predicted molar refractivity (Wildman–Crippen MR) is 131 cm³/mol. The van der Waals surface area contributed by atoms with Crippen LogP contribution in [0.25, 0.3) is 33.2 Å². The number of nitrogens with zero attached hydrogens (tertiary/aromatic N) is 4. The molecule has 6 nitrogen and oxygen atoms in total. The monoisotopic (exact) mass is 487 g/mol. The van der Waals surface area contributed by atoms with Crippen LogP contribution >= 0.6 is 0 Å². The van der Waals surface area contributed by atoms with Gasteiger partial charge in [-0.25, -0.2) is 18.2 Å². The number of nitrogens with two attached hydrogens (primary N) is 1. The standard InChI is InChI=1S/C27H20F3N5O/c1-15-10-19(12-22(33-15)25(29)30)23-24(16-6-8-20(28)9-7-16)34-27(31)35-26(23)36-14-21-11-17-4-2-3-5-18(17)13-32-21/h2-13,25H,14H2,1H3,(H2,31,34,35). The number of hydrogen-bond acceptors (Lipinski definition) is 6. The average molecular weight is 487 g/mol. The maximum atomic E-state index is 13.6. The molecular formula is C27H20F3N5O. The zero-order valence-electron chi connectivity index (χ0n) is 19.1. The molecule has 0 aliphatic heterocycles. The van der Waals surface area contributed by atoms with Crippen molar-refractivity contribution in [1.82, 2.24) is 19.9 Å². The summed E-state index contributed by atoms with van der Waals surface area (Å²) in [5.41, 5.74) is 8.17. The topological polar surface area (TPSA) is 86.8 Å². The van der Waals surface area contributed by atoms with Gasteiger partial charge in [0.05, 0.1) is 17.0 Å². The van der Waals surface area contributed by atoms with Crippen molar-refractivity contribution in [1.29, 1.82) is 0 Å². The summed E-state index contributed by atoms with van der Waals surface area (Å²) in [4.78, 5) is 17.0. The molecule has 2 N–H and O–H groups in total. The van der Waals surface area contributed by atoms with Crippen LogP contribution in [0.3, 0.4) is 0 Å². The number of benzene rings is 2. The summed E-state index contributed by atoms with van der Waals surface area (Å²) >= 11 is 0. The van der Waals surface area contributed by atoms with Gasteiger partial charge < -0.3 is 10.5 Å². The maximum absolute atomic E-state index is 13.6. The smallest absolute Gasteiger partial charge is 0.280 e. The van der Waals surface area contributed by atoms with E-state index < -0.39 is 17.9 Å². The van der Waals surface area contributed by atoms with Gasteiger partial charge in [0, 0.05) is 22.8 Å². The van der Waals surface area contributed by atoms with Crippen molar-refractivity contribution in [2.45, 2.75) is 20.0 Å². The van der Waals surface area contributed by atoms with Crippen LogP contribution in [0, 0.1) is 12.7 Å². The van der Waals surface area contributed by atoms with Gasteiger partial charge in [0.2, 0.25) is 11.8 Å². The van der Waals surface area contributed by atoms with E-state index in [1.54, 1.807) is 19.2 Å². The zero-order chi connectivity index (χ0) is 25.2. The van der Waals surface area contributed by atoms with Gasteiger partial charge in [0.1, 0.15) is 18.1 Å². The number of pyridine rings is 2. The molecule has 5 rings (SSSR count). The molecule has 180 valence electrons. The van der Waals surface area contributed by atoms with Crippen molar-refractivity contribution < 1.29 is 17.9 Å². The molecule has 9 heteroatoms. The van der Waals surface area contributed by atoms with E-state index in [1.807, 2.05) is 30.3 Å². The van der Waals surface area contributed by atoms with Crippen molar-refractivity contribution >= 4 is 16.7 Å². The summed E-state index contributed by atoms with van der Waals surface area (Å²) in [6.45, 7) is 1.66. The number of halogens is 3. The third-order valence-electron chi connectivity index (χ3n) is 5.54. The first-order valence-corrected chi connectivity index (χ1v) is 11.0. The van der Waals surface area contributed by atoms with Crippen molar-refractivity contribution in [2.24, 2.45) is 0 Å². The first-order chi connectivity index (χ1) is 17.4. The number of aromatic nitrogens is 4. The summed E-state index contributed by atoms with van der Waals surface area (Å²) < 4.78 is 46.8. The molecule has 0 aliphatic rings. The Morgan fingerprint density at radius 2 is 1.64 bits per heavy atom. The van der Waals surface area contributed by atoms with Gasteiger partial charge in [0.15, 0.2) is 0 Å². The van der Waals surface area contributed by atoms with Crippen LogP contribution in [-0.4, -0.2) is 19.9 Å². The average Bonchev–Trinajstić information content (AvgIpc) is 2.87. The second kappa shape index (κ2) is 9.61. The fraction of sp³-hybridized carbons (Fsp3) is 0.111. The third kappa shape index (κ3) is 4.81. The fourth-order valence-corrected chi connectivity index (χ4v) is 3.94. The largest absolute Gasteiger partial charge is 0.471 e. The Hall–Kier alpha value is -4.53. The summed E-state index contributed by atoms with van der Waals surface area (Å²) in [7, 11) is 0. The molecule has 0 unspecified atom stereocenters. The molecule has 5 aromatic rings. The minimum atomic E-state index is -2.78. The normalized spacial score (nSPS) is 11.2. The van der Waals surface area contributed by atoms with E-state index in [0.29, 0.717) is 33.8 Å². The van der Waals surface area contributed by atoms with E-state index in [9.17, 15) is 13.2 Å². The van der Waals surface area contributed by atoms with Crippen LogP contribution in [0.5, 0.6) is 5.88 Å². The molecule has 0 saturated carbocycles. The van der Waals surface area contributed by atoms with Crippen molar-refractivity contribution in [3.8, 4) is 28.3 Å². The fourth-order valence-electron chi connectivity index (χ4n) is 3.94. The van der Waals surface area contributed by atoms with E-state index in [2.05, 4.69) is 19.9 Å². The molecule has 3 aromatic heterocycles. The molecule has 0 bridgehead atoms. The van der Waals surface area contributed by atoms with Gasteiger partial charge in [-0.2, -0.15) is 4.98 Å². The first kappa shape index (κ1) is 23.2. The number of nitrogen functional groups attached to an aromatic ring is 1. The highest BCUT2D eigenvalue weighted by molar-refractivity contribution is 5.85. The summed E-state index contributed by atoms with van der Waals surface area (Å²) in [5, 5.41) is 1.98. The van der Waals surface area contributed by atoms with E-state index >= 15 is 0 Å². The minimum Gasteiger partial charge on any atom is -0.471 e. The Balaban J connectivity index is 1.64. The van der Waals surface area contributed by atoms with Gasteiger partial charge in [-0.1, -0.05) is 24.3 Å². The SMILES string of the molecule is Cc1cc(-c2c(OCc3cc4ccccc4cn3)nc(N)nc2-c2ccc(F)cc2)cc(C(F)F)n1. The molecule has 2 aromatic carbocycles. The number of aryl methyl sites for hydroxylation is 1. The highest BCUT2D eigenvalue weighted by Crippen LogP contribution is 2.39. The van der Waals surface area contributed by atoms with E-state index in [0.717, 1.165) is 10.8 Å².